The molecule has 8 aromatic carbocycles. The molecule has 0 bridgehead atoms. The van der Waals surface area contributed by atoms with Gasteiger partial charge in [0.25, 0.3) is 11.7 Å². The Bertz CT molecular complexity index is 3550. The minimum atomic E-state index is -0.833. The van der Waals surface area contributed by atoms with Crippen LogP contribution in [0.4, 0.5) is 34.1 Å². The van der Waals surface area contributed by atoms with E-state index in [1.807, 2.05) is 97.1 Å². The number of rotatable bonds is 20. The molecule has 1 aromatic heterocycles. The average Bonchev–Trinajstić information content (AvgIpc) is 4.05. The summed E-state index contributed by atoms with van der Waals surface area (Å²) in [4.78, 5) is 37.7. The number of fused-ring (bicyclic) bond motifs is 1. The number of carbonyl (C=O) groups excluding carboxylic acids is 1. The van der Waals surface area contributed by atoms with Crippen LogP contribution in [0.2, 0.25) is 20.1 Å². The van der Waals surface area contributed by atoms with Crippen LogP contribution in [0.1, 0.15) is 35.0 Å². The van der Waals surface area contributed by atoms with E-state index in [0.29, 0.717) is 93.7 Å². The van der Waals surface area contributed by atoms with Crippen LogP contribution in [0.25, 0.3) is 11.0 Å². The number of nitrogen functional groups attached to an aromatic ring is 4. The van der Waals surface area contributed by atoms with Crippen LogP contribution in [-0.4, -0.2) is 75.1 Å². The first kappa shape index (κ1) is 66.8. The van der Waals surface area contributed by atoms with Crippen molar-refractivity contribution in [3.05, 3.63) is 228 Å². The topological polar surface area (TPSA) is 320 Å². The molecule has 0 radical (unpaired) electrons. The van der Waals surface area contributed by atoms with Gasteiger partial charge in [-0.25, -0.2) is 4.98 Å². The lowest BCUT2D eigenvalue weighted by atomic mass is 10.2. The summed E-state index contributed by atoms with van der Waals surface area (Å²) in [5.41, 5.74) is 30.3. The second-order valence-electron chi connectivity index (χ2n) is 18.1. The van der Waals surface area contributed by atoms with Crippen molar-refractivity contribution in [1.29, 1.82) is 0 Å². The number of aliphatic hydroxyl groups excluding tert-OH is 2. The Labute approximate surface area is 511 Å². The Balaban J connectivity index is 0.000000203. The number of H-pyrrole nitrogens is 1. The van der Waals surface area contributed by atoms with Crippen molar-refractivity contribution in [2.45, 2.75) is 39.2 Å². The first-order chi connectivity index (χ1) is 40.8. The number of carboxylic acids is 1. The van der Waals surface area contributed by atoms with E-state index < -0.39 is 23.4 Å². The van der Waals surface area contributed by atoms with Crippen molar-refractivity contribution in [2.75, 3.05) is 61.3 Å². The number of nitrogens with zero attached hydrogens (tertiary/aromatic N) is 2. The standard InChI is InChI=1S/C16H17ClN2O3.C16H15ClN2O2.C14H13ClN2O3.C14H15ClN2O.C2H4O2/c17-12-8-13(18)14(19-16(21)10-20)9-15(12)22-7-6-11-4-2-1-3-5-11;17-12-8-13-14(19-16(10-20)18-13)9-15(12)21-7-6-11-4-2-1-3-5-11;15-11-8-12(16)13(17(18)19)9-14(11)20-7-6-10-4-2-1-3-5-10;15-11-8-12(16)13(17)9-14(11)18-7-6-10-4-2-1-3-5-10;1-2(3)4/h1-5,8-9,20H,6-7,10,18H2,(H,19,21);1-5,8-9,20H,6-7,10H2,(H,18,19);1-5,8-9H,6-7,16H2;1-5,8-9H,6-7,16-17H2;1H3,(H,3,4). The van der Waals surface area contributed by atoms with Crippen LogP contribution in [0.3, 0.4) is 0 Å². The maximum absolute atomic E-state index is 11.2. The van der Waals surface area contributed by atoms with E-state index in [4.69, 9.17) is 108 Å². The third-order valence-corrected chi connectivity index (χ3v) is 12.8. The van der Waals surface area contributed by atoms with Crippen LogP contribution in [0.15, 0.2) is 170 Å². The van der Waals surface area contributed by atoms with Gasteiger partial charge in [-0.2, -0.15) is 0 Å². The van der Waals surface area contributed by atoms with E-state index in [0.717, 1.165) is 48.3 Å². The number of nitro benzene ring substituents is 1. The average molecular weight is 1240 g/mol. The number of benzene rings is 8. The summed E-state index contributed by atoms with van der Waals surface area (Å²) in [6, 6.07) is 52.4. The lowest BCUT2D eigenvalue weighted by molar-refractivity contribution is -0.384. The number of imidazole rings is 1. The van der Waals surface area contributed by atoms with Gasteiger partial charge in [0.2, 0.25) is 5.91 Å². The van der Waals surface area contributed by atoms with E-state index >= 15 is 0 Å². The summed E-state index contributed by atoms with van der Waals surface area (Å²) in [5, 5.41) is 40.2. The van der Waals surface area contributed by atoms with E-state index in [1.54, 1.807) is 30.3 Å². The lowest BCUT2D eigenvalue weighted by Crippen LogP contribution is -2.16. The second kappa shape index (κ2) is 35.2. The number of aliphatic hydroxyl groups is 2. The first-order valence-electron chi connectivity index (χ1n) is 26.1. The largest absolute Gasteiger partial charge is 0.492 e. The van der Waals surface area contributed by atoms with Gasteiger partial charge in [-0.05, 0) is 46.5 Å². The quantitative estimate of drug-likeness (QED) is 0.0194. The van der Waals surface area contributed by atoms with Crippen LogP contribution in [0.5, 0.6) is 23.0 Å². The van der Waals surface area contributed by atoms with Gasteiger partial charge in [0.1, 0.15) is 47.7 Å². The van der Waals surface area contributed by atoms with Gasteiger partial charge in [-0.1, -0.05) is 168 Å². The molecule has 0 spiro atoms. The number of ether oxygens (including phenoxy) is 4. The number of hydrogen-bond acceptors (Lipinski definition) is 15. The van der Waals surface area contributed by atoms with E-state index in [1.165, 1.54) is 29.3 Å². The Morgan fingerprint density at radius 1 is 0.541 bits per heavy atom. The molecule has 0 atom stereocenters. The SMILES string of the molecule is CC(=O)O.Nc1cc(Cl)c(OCCc2ccccc2)cc1N.Nc1cc(Cl)c(OCCc2ccccc2)cc1NC(=O)CO.Nc1cc(Cl)c(OCCc2ccccc2)cc1[N+](=O)[O-].OCc1nc2cc(OCCc3ccccc3)c(Cl)cc2[nH]1. The number of anilines is 5. The molecule has 0 fully saturated rings. The molecule has 1 heterocycles. The zero-order valence-electron chi connectivity index (χ0n) is 46.1. The fraction of sp³-hybridized carbons (Fsp3) is 0.177. The van der Waals surface area contributed by atoms with Crippen LogP contribution >= 0.6 is 46.4 Å². The van der Waals surface area contributed by atoms with Gasteiger partial charge in [0, 0.05) is 50.8 Å². The molecule has 0 saturated carbocycles. The molecule has 19 nitrogen and oxygen atoms in total. The monoisotopic (exact) mass is 1240 g/mol. The highest BCUT2D eigenvalue weighted by Crippen LogP contribution is 2.36. The number of nitro groups is 1. The normalized spacial score (nSPS) is 10.2. The summed E-state index contributed by atoms with van der Waals surface area (Å²) in [6.07, 6.45) is 3.06. The third-order valence-electron chi connectivity index (χ3n) is 11.6. The van der Waals surface area contributed by atoms with Crippen molar-refractivity contribution < 1.29 is 48.8 Å². The first-order valence-corrected chi connectivity index (χ1v) is 27.6. The van der Waals surface area contributed by atoms with E-state index in [9.17, 15) is 14.9 Å². The van der Waals surface area contributed by atoms with Crippen molar-refractivity contribution in [1.82, 2.24) is 9.97 Å². The Kier molecular flexibility index (Phi) is 27.7. The molecular weight excluding hydrogens is 1170 g/mol. The van der Waals surface area contributed by atoms with E-state index in [2.05, 4.69) is 39.6 Å². The molecule has 446 valence electrons. The van der Waals surface area contributed by atoms with Crippen LogP contribution in [0, 0.1) is 10.1 Å². The van der Waals surface area contributed by atoms with Gasteiger partial charge in [0.15, 0.2) is 0 Å². The zero-order chi connectivity index (χ0) is 61.7. The highest BCUT2D eigenvalue weighted by atomic mass is 35.5. The smallest absolute Gasteiger partial charge is 0.300 e. The molecule has 0 aliphatic rings. The molecule has 1 amide bonds. The zero-order valence-corrected chi connectivity index (χ0v) is 49.1. The predicted molar refractivity (Wildman–Crippen MR) is 337 cm³/mol. The molecule has 85 heavy (non-hydrogen) atoms. The molecule has 13 N–H and O–H groups in total. The minimum Gasteiger partial charge on any atom is -0.492 e. The summed E-state index contributed by atoms with van der Waals surface area (Å²) < 4.78 is 22.5. The van der Waals surface area contributed by atoms with Crippen molar-refractivity contribution in [2.24, 2.45) is 0 Å². The number of amides is 1. The van der Waals surface area contributed by atoms with Crippen molar-refractivity contribution in [3.63, 3.8) is 0 Å². The van der Waals surface area contributed by atoms with E-state index in [-0.39, 0.29) is 28.8 Å². The van der Waals surface area contributed by atoms with Crippen LogP contribution in [-0.2, 0) is 41.9 Å². The number of hydrogen-bond donors (Lipinski definition) is 9. The lowest BCUT2D eigenvalue weighted by Gasteiger charge is -2.13. The highest BCUT2D eigenvalue weighted by molar-refractivity contribution is 6.33. The van der Waals surface area contributed by atoms with Gasteiger partial charge < -0.3 is 67.5 Å². The number of aromatic nitrogens is 2. The maximum Gasteiger partial charge on any atom is 0.300 e. The molecule has 9 aromatic rings. The Morgan fingerprint density at radius 2 is 0.894 bits per heavy atom. The highest BCUT2D eigenvalue weighted by Gasteiger charge is 2.17. The Hall–Kier alpha value is -8.95. The molecule has 0 saturated heterocycles. The summed E-state index contributed by atoms with van der Waals surface area (Å²) >= 11 is 24.3. The number of nitrogens with two attached hydrogens (primary N) is 4. The number of carboxylic acid groups (broad SMARTS) is 1. The van der Waals surface area contributed by atoms with Gasteiger partial charge in [-0.15, -0.1) is 0 Å². The molecule has 23 heteroatoms. The summed E-state index contributed by atoms with van der Waals surface area (Å²) in [7, 11) is 0. The number of nitrogens with one attached hydrogen (secondary N) is 2. The van der Waals surface area contributed by atoms with Crippen molar-refractivity contribution in [3.8, 4) is 23.0 Å². The Morgan fingerprint density at radius 3 is 1.29 bits per heavy atom. The van der Waals surface area contributed by atoms with Gasteiger partial charge >= 0.3 is 0 Å². The molecule has 9 rings (SSSR count). The van der Waals surface area contributed by atoms with Gasteiger partial charge in [0.05, 0.1) is 91.3 Å². The summed E-state index contributed by atoms with van der Waals surface area (Å²) in [5.74, 6) is 1.01. The summed E-state index contributed by atoms with van der Waals surface area (Å²) in [6.45, 7) is 2.26. The fourth-order valence-electron chi connectivity index (χ4n) is 7.44. The van der Waals surface area contributed by atoms with Gasteiger partial charge in [-0.3, -0.25) is 19.7 Å². The number of halogens is 4. The van der Waals surface area contributed by atoms with Crippen molar-refractivity contribution >= 4 is 103 Å². The molecule has 0 aliphatic heterocycles. The predicted octanol–water partition coefficient (Wildman–Crippen LogP) is 12.5. The number of aliphatic carboxylic acids is 1. The molecular formula is C62H64Cl4N8O11. The fourth-order valence-corrected chi connectivity index (χ4v) is 8.34. The number of carbonyl (C=O) groups is 2. The minimum absolute atomic E-state index is 0.0235. The third kappa shape index (κ3) is 23.3. The molecule has 0 unspecified atom stereocenters. The number of aromatic amines is 1. The maximum atomic E-state index is 11.2. The second-order valence-corrected chi connectivity index (χ2v) is 19.7. The van der Waals surface area contributed by atoms with Crippen LogP contribution < -0.4 is 47.2 Å². The molecule has 0 aliphatic carbocycles.